The number of benzene rings is 1. The second-order valence-corrected chi connectivity index (χ2v) is 7.99. The standard InChI is InChI=1S/C20H30N4OS.HI/c1-6-17-13-23-18(26-17)11-12-22-19(21-4)24-14-20(2,3)15-7-9-16(25-5)10-8-15;/h7-10,13H,6,11-12,14H2,1-5H3,(H2,21,22,24);1H. The van der Waals surface area contributed by atoms with Crippen molar-refractivity contribution in [2.24, 2.45) is 4.99 Å². The zero-order valence-corrected chi connectivity index (χ0v) is 20.0. The minimum Gasteiger partial charge on any atom is -0.497 e. The molecule has 0 saturated heterocycles. The molecule has 7 heteroatoms. The third kappa shape index (κ3) is 7.29. The van der Waals surface area contributed by atoms with Gasteiger partial charge in [-0.05, 0) is 24.1 Å². The Labute approximate surface area is 184 Å². The zero-order valence-electron chi connectivity index (χ0n) is 16.8. The summed E-state index contributed by atoms with van der Waals surface area (Å²) in [5.74, 6) is 1.70. The smallest absolute Gasteiger partial charge is 0.191 e. The van der Waals surface area contributed by atoms with Crippen LogP contribution < -0.4 is 15.4 Å². The molecular weight excluding hydrogens is 471 g/mol. The largest absolute Gasteiger partial charge is 0.497 e. The fraction of sp³-hybridized carbons (Fsp3) is 0.500. The van der Waals surface area contributed by atoms with E-state index >= 15 is 0 Å². The minimum absolute atomic E-state index is 0. The average molecular weight is 502 g/mol. The molecule has 1 heterocycles. The summed E-state index contributed by atoms with van der Waals surface area (Å²) in [5.41, 5.74) is 1.24. The first-order valence-corrected chi connectivity index (χ1v) is 9.82. The number of guanidine groups is 1. The van der Waals surface area contributed by atoms with Gasteiger partial charge < -0.3 is 15.4 Å². The number of nitrogens with one attached hydrogen (secondary N) is 2. The van der Waals surface area contributed by atoms with E-state index in [1.807, 2.05) is 18.3 Å². The second-order valence-electron chi connectivity index (χ2n) is 6.79. The number of nitrogens with zero attached hydrogens (tertiary/aromatic N) is 2. The van der Waals surface area contributed by atoms with E-state index in [-0.39, 0.29) is 29.4 Å². The molecule has 0 aliphatic carbocycles. The van der Waals surface area contributed by atoms with Crippen molar-refractivity contribution in [1.82, 2.24) is 15.6 Å². The number of thiazole rings is 1. The van der Waals surface area contributed by atoms with Crippen LogP contribution in [0.2, 0.25) is 0 Å². The molecular formula is C20H31IN4OS. The summed E-state index contributed by atoms with van der Waals surface area (Å²) in [6, 6.07) is 8.24. The lowest BCUT2D eigenvalue weighted by molar-refractivity contribution is 0.414. The van der Waals surface area contributed by atoms with E-state index in [1.165, 1.54) is 15.4 Å². The molecule has 150 valence electrons. The molecule has 0 radical (unpaired) electrons. The van der Waals surface area contributed by atoms with Crippen LogP contribution in [0.4, 0.5) is 0 Å². The number of methoxy groups -OCH3 is 1. The highest BCUT2D eigenvalue weighted by atomic mass is 127. The number of ether oxygens (including phenoxy) is 1. The Kier molecular flexibility index (Phi) is 10.1. The van der Waals surface area contributed by atoms with E-state index in [0.29, 0.717) is 0 Å². The van der Waals surface area contributed by atoms with E-state index in [0.717, 1.165) is 37.6 Å². The van der Waals surface area contributed by atoms with Crippen LogP contribution in [-0.2, 0) is 18.3 Å². The van der Waals surface area contributed by atoms with Crippen molar-refractivity contribution in [3.8, 4) is 5.75 Å². The lowest BCUT2D eigenvalue weighted by Gasteiger charge is -2.27. The van der Waals surface area contributed by atoms with E-state index in [1.54, 1.807) is 25.5 Å². The molecule has 0 aliphatic rings. The fourth-order valence-electron chi connectivity index (χ4n) is 2.58. The summed E-state index contributed by atoms with van der Waals surface area (Å²) in [5, 5.41) is 7.97. The average Bonchev–Trinajstić information content (AvgIpc) is 3.12. The van der Waals surface area contributed by atoms with Crippen LogP contribution in [0.1, 0.15) is 36.2 Å². The first kappa shape index (κ1) is 23.7. The van der Waals surface area contributed by atoms with Crippen molar-refractivity contribution in [3.63, 3.8) is 0 Å². The minimum atomic E-state index is -0.0186. The van der Waals surface area contributed by atoms with Crippen LogP contribution in [0.3, 0.4) is 0 Å². The second kappa shape index (κ2) is 11.5. The van der Waals surface area contributed by atoms with Crippen molar-refractivity contribution in [2.45, 2.75) is 39.0 Å². The van der Waals surface area contributed by atoms with Crippen LogP contribution in [0.5, 0.6) is 5.75 Å². The van der Waals surface area contributed by atoms with Crippen molar-refractivity contribution in [1.29, 1.82) is 0 Å². The number of aryl methyl sites for hydroxylation is 1. The van der Waals surface area contributed by atoms with Gasteiger partial charge in [0, 0.05) is 43.0 Å². The van der Waals surface area contributed by atoms with E-state index in [4.69, 9.17) is 4.74 Å². The van der Waals surface area contributed by atoms with Crippen molar-refractivity contribution in [2.75, 3.05) is 27.2 Å². The van der Waals surface area contributed by atoms with Gasteiger partial charge in [0.15, 0.2) is 5.96 Å². The van der Waals surface area contributed by atoms with Crippen LogP contribution in [0, 0.1) is 0 Å². The topological polar surface area (TPSA) is 58.5 Å². The molecule has 0 fully saturated rings. The van der Waals surface area contributed by atoms with Gasteiger partial charge >= 0.3 is 0 Å². The number of aromatic nitrogens is 1. The molecule has 5 nitrogen and oxygen atoms in total. The maximum Gasteiger partial charge on any atom is 0.191 e. The molecule has 1 aromatic carbocycles. The monoisotopic (exact) mass is 502 g/mol. The lowest BCUT2D eigenvalue weighted by Crippen LogP contribution is -2.44. The first-order chi connectivity index (χ1) is 12.5. The third-order valence-corrected chi connectivity index (χ3v) is 5.58. The third-order valence-electron chi connectivity index (χ3n) is 4.37. The zero-order chi connectivity index (χ0) is 19.0. The summed E-state index contributed by atoms with van der Waals surface area (Å²) in [4.78, 5) is 10.1. The predicted octanol–water partition coefficient (Wildman–Crippen LogP) is 4.02. The normalized spacial score (nSPS) is 11.7. The fourth-order valence-corrected chi connectivity index (χ4v) is 3.45. The lowest BCUT2D eigenvalue weighted by atomic mass is 9.84. The molecule has 0 bridgehead atoms. The molecule has 27 heavy (non-hydrogen) atoms. The van der Waals surface area contributed by atoms with Gasteiger partial charge in [-0.2, -0.15) is 0 Å². The van der Waals surface area contributed by atoms with Crippen molar-refractivity contribution in [3.05, 3.63) is 45.9 Å². The summed E-state index contributed by atoms with van der Waals surface area (Å²) in [6.07, 6.45) is 3.94. The number of hydrogen-bond acceptors (Lipinski definition) is 4. The Morgan fingerprint density at radius 2 is 1.93 bits per heavy atom. The number of hydrogen-bond donors (Lipinski definition) is 2. The van der Waals surface area contributed by atoms with Crippen LogP contribution in [-0.4, -0.2) is 38.2 Å². The highest BCUT2D eigenvalue weighted by Gasteiger charge is 2.21. The number of aliphatic imine (C=N–C) groups is 1. The van der Waals surface area contributed by atoms with Crippen molar-refractivity contribution >= 4 is 41.3 Å². The summed E-state index contributed by atoms with van der Waals surface area (Å²) in [6.45, 7) is 8.20. The van der Waals surface area contributed by atoms with E-state index in [2.05, 4.69) is 53.5 Å². The van der Waals surface area contributed by atoms with E-state index < -0.39 is 0 Å². The van der Waals surface area contributed by atoms with Crippen molar-refractivity contribution < 1.29 is 4.74 Å². The summed E-state index contributed by atoms with van der Waals surface area (Å²) in [7, 11) is 3.49. The molecule has 0 unspecified atom stereocenters. The number of rotatable bonds is 8. The van der Waals surface area contributed by atoms with Crippen LogP contribution in [0.25, 0.3) is 0 Å². The van der Waals surface area contributed by atoms with Crippen LogP contribution in [0.15, 0.2) is 35.5 Å². The maximum absolute atomic E-state index is 5.24. The van der Waals surface area contributed by atoms with Gasteiger partial charge in [-0.3, -0.25) is 4.99 Å². The Balaban J connectivity index is 0.00000364. The molecule has 0 spiro atoms. The summed E-state index contributed by atoms with van der Waals surface area (Å²) >= 11 is 1.79. The Morgan fingerprint density at radius 3 is 2.48 bits per heavy atom. The molecule has 2 N–H and O–H groups in total. The quantitative estimate of drug-likeness (QED) is 0.325. The molecule has 2 aromatic rings. The first-order valence-electron chi connectivity index (χ1n) is 9.01. The van der Waals surface area contributed by atoms with Gasteiger partial charge in [-0.25, -0.2) is 4.98 Å². The van der Waals surface area contributed by atoms with Gasteiger partial charge in [0.1, 0.15) is 5.75 Å². The Morgan fingerprint density at radius 1 is 1.22 bits per heavy atom. The van der Waals surface area contributed by atoms with Gasteiger partial charge in [-0.15, -0.1) is 35.3 Å². The Hall–Kier alpha value is -1.35. The van der Waals surface area contributed by atoms with Crippen LogP contribution >= 0.6 is 35.3 Å². The Bertz CT molecular complexity index is 713. The molecule has 0 atom stereocenters. The predicted molar refractivity (Wildman–Crippen MR) is 126 cm³/mol. The van der Waals surface area contributed by atoms with Gasteiger partial charge in [0.25, 0.3) is 0 Å². The SMILES string of the molecule is CCc1cnc(CCNC(=NC)NCC(C)(C)c2ccc(OC)cc2)s1.I. The highest BCUT2D eigenvalue weighted by molar-refractivity contribution is 14.0. The number of halogens is 1. The molecule has 0 amide bonds. The molecule has 0 saturated carbocycles. The molecule has 0 aliphatic heterocycles. The molecule has 2 rings (SSSR count). The maximum atomic E-state index is 5.24. The van der Waals surface area contributed by atoms with E-state index in [9.17, 15) is 0 Å². The summed E-state index contributed by atoms with van der Waals surface area (Å²) < 4.78 is 5.24. The van der Waals surface area contributed by atoms with Gasteiger partial charge in [0.05, 0.1) is 12.1 Å². The van der Waals surface area contributed by atoms with Gasteiger partial charge in [0.2, 0.25) is 0 Å². The van der Waals surface area contributed by atoms with Gasteiger partial charge in [-0.1, -0.05) is 32.9 Å². The highest BCUT2D eigenvalue weighted by Crippen LogP contribution is 2.24. The molecule has 1 aromatic heterocycles.